The minimum absolute atomic E-state index is 0.200. The first-order valence-electron chi connectivity index (χ1n) is 5.14. The van der Waals surface area contributed by atoms with Crippen LogP contribution in [0.15, 0.2) is 16.7 Å². The van der Waals surface area contributed by atoms with Gasteiger partial charge in [0.15, 0.2) is 23.0 Å². The summed E-state index contributed by atoms with van der Waals surface area (Å²) in [5.41, 5.74) is 1.45. The zero-order valence-corrected chi connectivity index (χ0v) is 9.76. The van der Waals surface area contributed by atoms with Crippen molar-refractivity contribution >= 4 is 5.97 Å². The number of aromatic nitrogens is 1. The van der Waals surface area contributed by atoms with Gasteiger partial charge in [0.2, 0.25) is 0 Å². The Bertz CT molecular complexity index is 630. The predicted molar refractivity (Wildman–Crippen MR) is 61.7 cm³/mol. The molecule has 0 radical (unpaired) electrons. The summed E-state index contributed by atoms with van der Waals surface area (Å²) in [5.74, 6) is -1.46. The molecule has 0 aliphatic carbocycles. The van der Waals surface area contributed by atoms with Crippen LogP contribution in [0, 0.1) is 13.8 Å². The number of hydrogen-bond donors (Lipinski definition) is 3. The Hall–Kier alpha value is -2.50. The van der Waals surface area contributed by atoms with Gasteiger partial charge in [-0.2, -0.15) is 0 Å². The second-order valence-electron chi connectivity index (χ2n) is 3.92. The van der Waals surface area contributed by atoms with Crippen LogP contribution in [0.3, 0.4) is 0 Å². The number of nitrogens with zero attached hydrogens (tertiary/aromatic N) is 1. The van der Waals surface area contributed by atoms with Crippen LogP contribution in [0.25, 0.3) is 11.3 Å². The predicted octanol–water partition coefficient (Wildman–Crippen LogP) is 2.07. The van der Waals surface area contributed by atoms with E-state index in [1.165, 1.54) is 12.1 Å². The Balaban J connectivity index is 2.60. The molecule has 0 aliphatic heterocycles. The summed E-state index contributed by atoms with van der Waals surface area (Å²) in [7, 11) is 0. The van der Waals surface area contributed by atoms with E-state index in [0.717, 1.165) is 0 Å². The van der Waals surface area contributed by atoms with Gasteiger partial charge in [-0.3, -0.25) is 0 Å². The highest BCUT2D eigenvalue weighted by atomic mass is 16.5. The molecule has 6 heteroatoms. The second kappa shape index (κ2) is 4.06. The number of aromatic hydroxyl groups is 2. The van der Waals surface area contributed by atoms with Crippen molar-refractivity contribution in [3.05, 3.63) is 29.0 Å². The van der Waals surface area contributed by atoms with Gasteiger partial charge in [0.05, 0.1) is 0 Å². The normalized spacial score (nSPS) is 10.6. The number of hydrogen-bond acceptors (Lipinski definition) is 5. The molecule has 2 rings (SSSR count). The van der Waals surface area contributed by atoms with Gasteiger partial charge in [0.1, 0.15) is 0 Å². The van der Waals surface area contributed by atoms with Crippen molar-refractivity contribution in [2.45, 2.75) is 13.8 Å². The van der Waals surface area contributed by atoms with E-state index in [1.54, 1.807) is 13.8 Å². The van der Waals surface area contributed by atoms with Crippen molar-refractivity contribution in [2.75, 3.05) is 0 Å². The summed E-state index contributed by atoms with van der Waals surface area (Å²) in [6, 6.07) is 2.57. The third kappa shape index (κ3) is 1.77. The summed E-state index contributed by atoms with van der Waals surface area (Å²) < 4.78 is 4.92. The van der Waals surface area contributed by atoms with Crippen LogP contribution in [-0.4, -0.2) is 26.4 Å². The lowest BCUT2D eigenvalue weighted by Gasteiger charge is -2.09. The topological polar surface area (TPSA) is 104 Å². The summed E-state index contributed by atoms with van der Waals surface area (Å²) in [4.78, 5) is 10.7. The summed E-state index contributed by atoms with van der Waals surface area (Å²) >= 11 is 0. The van der Waals surface area contributed by atoms with Crippen LogP contribution in [0.5, 0.6) is 11.5 Å². The summed E-state index contributed by atoms with van der Waals surface area (Å²) in [6.07, 6.45) is 0. The SMILES string of the molecule is Cc1c(-c2cc(C(=O)O)no2)cc(O)c(O)c1C. The number of rotatable bonds is 2. The van der Waals surface area contributed by atoms with Crippen molar-refractivity contribution in [1.82, 2.24) is 5.16 Å². The number of carbonyl (C=O) groups is 1. The lowest BCUT2D eigenvalue weighted by molar-refractivity contribution is 0.0686. The smallest absolute Gasteiger partial charge is 0.358 e. The molecule has 1 aromatic carbocycles. The van der Waals surface area contributed by atoms with Gasteiger partial charge in [0.25, 0.3) is 0 Å². The third-order valence-corrected chi connectivity index (χ3v) is 2.84. The summed E-state index contributed by atoms with van der Waals surface area (Å²) in [6.45, 7) is 3.37. The van der Waals surface area contributed by atoms with Gasteiger partial charge in [-0.05, 0) is 31.0 Å². The number of aromatic carboxylic acids is 1. The molecule has 94 valence electrons. The van der Waals surface area contributed by atoms with Gasteiger partial charge in [-0.15, -0.1) is 0 Å². The Labute approximate surface area is 102 Å². The molecular weight excluding hydrogens is 238 g/mol. The van der Waals surface area contributed by atoms with Crippen LogP contribution < -0.4 is 0 Å². The van der Waals surface area contributed by atoms with E-state index in [4.69, 9.17) is 9.63 Å². The molecular formula is C12H11NO5. The number of benzene rings is 1. The first-order valence-corrected chi connectivity index (χ1v) is 5.14. The van der Waals surface area contributed by atoms with Gasteiger partial charge in [-0.25, -0.2) is 4.79 Å². The fourth-order valence-electron chi connectivity index (χ4n) is 1.64. The maximum Gasteiger partial charge on any atom is 0.358 e. The van der Waals surface area contributed by atoms with Gasteiger partial charge in [-0.1, -0.05) is 5.16 Å². The molecule has 1 aromatic heterocycles. The van der Waals surface area contributed by atoms with E-state index >= 15 is 0 Å². The van der Waals surface area contributed by atoms with Gasteiger partial charge in [0, 0.05) is 11.6 Å². The van der Waals surface area contributed by atoms with Crippen molar-refractivity contribution in [2.24, 2.45) is 0 Å². The highest BCUT2D eigenvalue weighted by Crippen LogP contribution is 2.37. The van der Waals surface area contributed by atoms with E-state index in [1.807, 2.05) is 0 Å². The number of phenols is 2. The van der Waals surface area contributed by atoms with Crippen molar-refractivity contribution in [1.29, 1.82) is 0 Å². The van der Waals surface area contributed by atoms with Gasteiger partial charge < -0.3 is 19.8 Å². The molecule has 18 heavy (non-hydrogen) atoms. The van der Waals surface area contributed by atoms with E-state index in [0.29, 0.717) is 16.7 Å². The second-order valence-corrected chi connectivity index (χ2v) is 3.92. The third-order valence-electron chi connectivity index (χ3n) is 2.84. The molecule has 0 saturated heterocycles. The van der Waals surface area contributed by atoms with E-state index < -0.39 is 5.97 Å². The summed E-state index contributed by atoms with van der Waals surface area (Å²) in [5, 5.41) is 31.3. The maximum atomic E-state index is 10.7. The van der Waals surface area contributed by atoms with Crippen LogP contribution in [0.1, 0.15) is 21.6 Å². The molecule has 0 amide bonds. The maximum absolute atomic E-state index is 10.7. The number of carboxylic acids is 1. The first-order chi connectivity index (χ1) is 8.41. The molecule has 0 unspecified atom stereocenters. The van der Waals surface area contributed by atoms with Gasteiger partial charge >= 0.3 is 5.97 Å². The van der Waals surface area contributed by atoms with Crippen LogP contribution in [0.2, 0.25) is 0 Å². The Kier molecular flexibility index (Phi) is 2.70. The Morgan fingerprint density at radius 2 is 1.89 bits per heavy atom. The molecule has 1 heterocycles. The molecule has 3 N–H and O–H groups in total. The lowest BCUT2D eigenvalue weighted by atomic mass is 9.99. The van der Waals surface area contributed by atoms with E-state index in [9.17, 15) is 15.0 Å². The van der Waals surface area contributed by atoms with Crippen molar-refractivity contribution < 1.29 is 24.6 Å². The highest BCUT2D eigenvalue weighted by molar-refractivity contribution is 5.86. The van der Waals surface area contributed by atoms with Crippen LogP contribution >= 0.6 is 0 Å². The minimum atomic E-state index is -1.19. The average Bonchev–Trinajstić information content (AvgIpc) is 2.80. The molecule has 0 saturated carbocycles. The Morgan fingerprint density at radius 3 is 2.44 bits per heavy atom. The minimum Gasteiger partial charge on any atom is -0.504 e. The lowest BCUT2D eigenvalue weighted by Crippen LogP contribution is -1.94. The molecule has 2 aromatic rings. The fraction of sp³-hybridized carbons (Fsp3) is 0.167. The standard InChI is InChI=1S/C12H11NO5/c1-5-6(2)11(15)9(14)3-7(5)10-4-8(12(16)17)13-18-10/h3-4,14-15H,1-2H3,(H,16,17). The highest BCUT2D eigenvalue weighted by Gasteiger charge is 2.17. The molecule has 0 spiro atoms. The quantitative estimate of drug-likeness (QED) is 0.704. The number of carboxylic acid groups (broad SMARTS) is 1. The largest absolute Gasteiger partial charge is 0.504 e. The van der Waals surface area contributed by atoms with Crippen molar-refractivity contribution in [3.8, 4) is 22.8 Å². The first kappa shape index (κ1) is 12.0. The zero-order chi connectivity index (χ0) is 13.4. The molecule has 0 bridgehead atoms. The molecule has 0 aliphatic rings. The monoisotopic (exact) mass is 249 g/mol. The number of phenolic OH excluding ortho intramolecular Hbond substituents is 2. The van der Waals surface area contributed by atoms with E-state index in [2.05, 4.69) is 5.16 Å². The zero-order valence-electron chi connectivity index (χ0n) is 9.76. The van der Waals surface area contributed by atoms with Crippen molar-refractivity contribution in [3.63, 3.8) is 0 Å². The molecule has 0 fully saturated rings. The Morgan fingerprint density at radius 1 is 1.22 bits per heavy atom. The van der Waals surface area contributed by atoms with E-state index in [-0.39, 0.29) is 23.0 Å². The fourth-order valence-corrected chi connectivity index (χ4v) is 1.64. The van der Waals surface area contributed by atoms with Crippen LogP contribution in [-0.2, 0) is 0 Å². The average molecular weight is 249 g/mol. The van der Waals surface area contributed by atoms with Crippen LogP contribution in [0.4, 0.5) is 0 Å². The molecule has 6 nitrogen and oxygen atoms in total. The molecule has 0 atom stereocenters.